The average molecular weight is 407 g/mol. The molecule has 0 saturated heterocycles. The molecule has 144 valence electrons. The molecule has 0 aliphatic heterocycles. The van der Waals surface area contributed by atoms with Crippen LogP contribution in [0.25, 0.3) is 11.0 Å². The van der Waals surface area contributed by atoms with Crippen LogP contribution in [0.15, 0.2) is 41.3 Å². The van der Waals surface area contributed by atoms with Crippen molar-refractivity contribution in [1.82, 2.24) is 8.96 Å². The Morgan fingerprint density at radius 2 is 1.89 bits per heavy atom. The van der Waals surface area contributed by atoms with Crippen molar-refractivity contribution in [3.05, 3.63) is 52.8 Å². The van der Waals surface area contributed by atoms with Crippen LogP contribution in [0.1, 0.15) is 31.9 Å². The number of imidazole rings is 1. The fraction of sp³-hybridized carbons (Fsp3) is 0.350. The lowest BCUT2D eigenvalue weighted by molar-refractivity contribution is 0.415. The lowest BCUT2D eigenvalue weighted by Gasteiger charge is -2.14. The van der Waals surface area contributed by atoms with Gasteiger partial charge in [-0.1, -0.05) is 26.8 Å². The number of fused-ring (bicyclic) bond motifs is 1. The van der Waals surface area contributed by atoms with Gasteiger partial charge >= 0.3 is 0 Å². The van der Waals surface area contributed by atoms with E-state index in [0.29, 0.717) is 22.7 Å². The monoisotopic (exact) mass is 406 g/mol. The van der Waals surface area contributed by atoms with Gasteiger partial charge in [0, 0.05) is 6.07 Å². The number of aryl methyl sites for hydroxylation is 1. The van der Waals surface area contributed by atoms with Gasteiger partial charge in [0.25, 0.3) is 10.0 Å². The largest absolute Gasteiger partial charge is 0.497 e. The highest BCUT2D eigenvalue weighted by molar-refractivity contribution is 7.90. The first-order valence-electron chi connectivity index (χ1n) is 8.87. The van der Waals surface area contributed by atoms with Crippen molar-refractivity contribution < 1.29 is 13.2 Å². The van der Waals surface area contributed by atoms with E-state index in [1.165, 1.54) is 0 Å². The molecule has 3 aromatic rings. The number of rotatable bonds is 6. The van der Waals surface area contributed by atoms with Gasteiger partial charge in [0.05, 0.1) is 23.0 Å². The van der Waals surface area contributed by atoms with Gasteiger partial charge in [-0.3, -0.25) is 0 Å². The number of nitrogens with zero attached hydrogens (tertiary/aromatic N) is 2. The van der Waals surface area contributed by atoms with Gasteiger partial charge in [0.2, 0.25) is 5.28 Å². The normalized spacial score (nSPS) is 12.1. The predicted octanol–water partition coefficient (Wildman–Crippen LogP) is 4.70. The highest BCUT2D eigenvalue weighted by atomic mass is 35.5. The van der Waals surface area contributed by atoms with Crippen LogP contribution in [0.2, 0.25) is 5.28 Å². The highest BCUT2D eigenvalue weighted by Crippen LogP contribution is 2.29. The van der Waals surface area contributed by atoms with Crippen molar-refractivity contribution in [2.45, 2.75) is 38.5 Å². The Kier molecular flexibility index (Phi) is 5.49. The third-order valence-corrected chi connectivity index (χ3v) is 6.56. The molecule has 0 unspecified atom stereocenters. The Bertz CT molecular complexity index is 1090. The Morgan fingerprint density at radius 3 is 2.52 bits per heavy atom. The number of ether oxygens (including phenoxy) is 1. The Balaban J connectivity index is 2.17. The molecule has 0 aliphatic rings. The first-order valence-corrected chi connectivity index (χ1v) is 10.7. The van der Waals surface area contributed by atoms with Crippen LogP contribution < -0.4 is 4.74 Å². The maximum Gasteiger partial charge on any atom is 0.270 e. The molecule has 27 heavy (non-hydrogen) atoms. The minimum atomic E-state index is -3.87. The van der Waals surface area contributed by atoms with Gasteiger partial charge in [-0.25, -0.2) is 17.4 Å². The standard InChI is InChI=1S/C20H23ClN2O3S/c1-5-14-6-8-17(11-15(14)10-13(2)3)27(24,25)23-19-9-7-16(26-4)12-18(19)22-20(23)21/h6-9,11-13H,5,10H2,1-4H3. The van der Waals surface area contributed by atoms with E-state index in [2.05, 4.69) is 25.8 Å². The summed E-state index contributed by atoms with van der Waals surface area (Å²) in [6, 6.07) is 10.3. The molecule has 0 fully saturated rings. The molecule has 1 heterocycles. The van der Waals surface area contributed by atoms with E-state index in [-0.39, 0.29) is 10.2 Å². The van der Waals surface area contributed by atoms with Gasteiger partial charge in [-0.2, -0.15) is 0 Å². The first-order chi connectivity index (χ1) is 12.8. The molecular weight excluding hydrogens is 384 g/mol. The van der Waals surface area contributed by atoms with Gasteiger partial charge in [0.15, 0.2) is 0 Å². The first kappa shape index (κ1) is 19.7. The fourth-order valence-corrected chi connectivity index (χ4v) is 5.06. The lowest BCUT2D eigenvalue weighted by atomic mass is 9.97. The zero-order valence-corrected chi connectivity index (χ0v) is 17.4. The highest BCUT2D eigenvalue weighted by Gasteiger charge is 2.24. The molecular formula is C20H23ClN2O3S. The van der Waals surface area contributed by atoms with Crippen LogP contribution in [-0.4, -0.2) is 24.5 Å². The van der Waals surface area contributed by atoms with Gasteiger partial charge in [0.1, 0.15) is 5.75 Å². The SMILES string of the molecule is CCc1ccc(S(=O)(=O)n2c(Cl)nc3cc(OC)ccc32)cc1CC(C)C. The van der Waals surface area contributed by atoms with Crippen molar-refractivity contribution in [2.24, 2.45) is 5.92 Å². The maximum absolute atomic E-state index is 13.3. The summed E-state index contributed by atoms with van der Waals surface area (Å²) < 4.78 is 32.9. The number of hydrogen-bond donors (Lipinski definition) is 0. The minimum absolute atomic E-state index is 0.0942. The van der Waals surface area contributed by atoms with Crippen LogP contribution in [0, 0.1) is 5.92 Å². The maximum atomic E-state index is 13.3. The number of methoxy groups -OCH3 is 1. The number of hydrogen-bond acceptors (Lipinski definition) is 4. The zero-order valence-electron chi connectivity index (χ0n) is 15.9. The quantitative estimate of drug-likeness (QED) is 0.595. The molecule has 0 radical (unpaired) electrons. The Labute approximate surface area is 165 Å². The van der Waals surface area contributed by atoms with E-state index in [1.807, 2.05) is 6.07 Å². The molecule has 1 aromatic heterocycles. The molecule has 2 aromatic carbocycles. The summed E-state index contributed by atoms with van der Waals surface area (Å²) in [7, 11) is -2.33. The summed E-state index contributed by atoms with van der Waals surface area (Å²) in [6.45, 7) is 6.31. The van der Waals surface area contributed by atoms with Crippen LogP contribution in [0.4, 0.5) is 0 Å². The zero-order chi connectivity index (χ0) is 19.8. The van der Waals surface area contributed by atoms with Crippen LogP contribution in [0.5, 0.6) is 5.75 Å². The summed E-state index contributed by atoms with van der Waals surface area (Å²) in [5.74, 6) is 1.02. The van der Waals surface area contributed by atoms with Gasteiger partial charge in [-0.05, 0) is 65.8 Å². The second kappa shape index (κ2) is 7.52. The van der Waals surface area contributed by atoms with E-state index in [1.54, 1.807) is 37.4 Å². The molecule has 0 spiro atoms. The van der Waals surface area contributed by atoms with Gasteiger partial charge in [-0.15, -0.1) is 0 Å². The average Bonchev–Trinajstić information content (AvgIpc) is 2.96. The Hall–Kier alpha value is -2.05. The van der Waals surface area contributed by atoms with Crippen LogP contribution in [-0.2, 0) is 22.9 Å². The fourth-order valence-electron chi connectivity index (χ4n) is 3.21. The molecule has 0 bridgehead atoms. The number of halogens is 1. The van der Waals surface area contributed by atoms with Crippen molar-refractivity contribution in [3.63, 3.8) is 0 Å². The van der Waals surface area contributed by atoms with E-state index in [4.69, 9.17) is 16.3 Å². The minimum Gasteiger partial charge on any atom is -0.497 e. The smallest absolute Gasteiger partial charge is 0.270 e. The number of benzene rings is 2. The molecule has 0 amide bonds. The molecule has 0 saturated carbocycles. The predicted molar refractivity (Wildman–Crippen MR) is 108 cm³/mol. The lowest BCUT2D eigenvalue weighted by Crippen LogP contribution is -2.14. The van der Waals surface area contributed by atoms with E-state index in [9.17, 15) is 8.42 Å². The summed E-state index contributed by atoms with van der Waals surface area (Å²) in [6.07, 6.45) is 1.68. The third-order valence-electron chi connectivity index (χ3n) is 4.51. The van der Waals surface area contributed by atoms with Gasteiger partial charge < -0.3 is 4.74 Å². The van der Waals surface area contributed by atoms with E-state index in [0.717, 1.165) is 27.9 Å². The summed E-state index contributed by atoms with van der Waals surface area (Å²) >= 11 is 6.21. The molecule has 0 N–H and O–H groups in total. The molecule has 3 rings (SSSR count). The molecule has 7 heteroatoms. The molecule has 5 nitrogen and oxygen atoms in total. The summed E-state index contributed by atoms with van der Waals surface area (Å²) in [5.41, 5.74) is 3.10. The van der Waals surface area contributed by atoms with Crippen molar-refractivity contribution in [2.75, 3.05) is 7.11 Å². The summed E-state index contributed by atoms with van der Waals surface area (Å²) in [5, 5.41) is -0.0942. The summed E-state index contributed by atoms with van der Waals surface area (Å²) in [4.78, 5) is 4.40. The van der Waals surface area contributed by atoms with Crippen molar-refractivity contribution >= 4 is 32.7 Å². The molecule has 0 atom stereocenters. The number of aromatic nitrogens is 2. The third kappa shape index (κ3) is 3.69. The van der Waals surface area contributed by atoms with Crippen molar-refractivity contribution in [3.8, 4) is 5.75 Å². The van der Waals surface area contributed by atoms with E-state index >= 15 is 0 Å². The van der Waals surface area contributed by atoms with Crippen molar-refractivity contribution in [1.29, 1.82) is 0 Å². The van der Waals surface area contributed by atoms with E-state index < -0.39 is 10.0 Å². The topological polar surface area (TPSA) is 61.2 Å². The van der Waals surface area contributed by atoms with Crippen LogP contribution >= 0.6 is 11.6 Å². The van der Waals surface area contributed by atoms with Crippen LogP contribution in [0.3, 0.4) is 0 Å². The second-order valence-electron chi connectivity index (χ2n) is 6.89. The molecule has 0 aliphatic carbocycles. The second-order valence-corrected chi connectivity index (χ2v) is 9.01. The Morgan fingerprint density at radius 1 is 1.15 bits per heavy atom.